The van der Waals surface area contributed by atoms with Crippen LogP contribution < -0.4 is 5.32 Å². The van der Waals surface area contributed by atoms with Crippen LogP contribution >= 0.6 is 15.9 Å². The van der Waals surface area contributed by atoms with Crippen LogP contribution in [0.4, 0.5) is 5.69 Å². The Morgan fingerprint density at radius 1 is 0.958 bits per heavy atom. The van der Waals surface area contributed by atoms with Crippen LogP contribution in [0.5, 0.6) is 0 Å². The van der Waals surface area contributed by atoms with Gasteiger partial charge >= 0.3 is 0 Å². The van der Waals surface area contributed by atoms with Crippen LogP contribution in [0.1, 0.15) is 83.6 Å². The van der Waals surface area contributed by atoms with Crippen molar-refractivity contribution in [1.82, 2.24) is 0 Å². The van der Waals surface area contributed by atoms with Gasteiger partial charge in [-0.05, 0) is 49.9 Å². The van der Waals surface area contributed by atoms with Crippen molar-refractivity contribution in [3.05, 3.63) is 28.2 Å². The molecule has 0 heterocycles. The van der Waals surface area contributed by atoms with Crippen molar-refractivity contribution in [1.29, 1.82) is 0 Å². The van der Waals surface area contributed by atoms with Crippen LogP contribution in [0.2, 0.25) is 0 Å². The lowest BCUT2D eigenvalue weighted by Crippen LogP contribution is -2.24. The zero-order chi connectivity index (χ0) is 17.6. The van der Waals surface area contributed by atoms with E-state index in [0.717, 1.165) is 17.5 Å². The molecular weight excluding hydrogens is 362 g/mol. The van der Waals surface area contributed by atoms with E-state index in [1.807, 2.05) is 0 Å². The molecule has 0 spiro atoms. The normalized spacial score (nSPS) is 12.3. The first-order valence-electron chi connectivity index (χ1n) is 9.81. The average Bonchev–Trinajstić information content (AvgIpc) is 2.56. The lowest BCUT2D eigenvalue weighted by molar-refractivity contribution is 0.0617. The molecule has 1 rings (SSSR count). The van der Waals surface area contributed by atoms with Crippen molar-refractivity contribution in [2.45, 2.75) is 91.2 Å². The lowest BCUT2D eigenvalue weighted by atomic mass is 10.1. The van der Waals surface area contributed by atoms with Gasteiger partial charge in [-0.15, -0.1) is 0 Å². The third-order valence-corrected chi connectivity index (χ3v) is 4.88. The Hall–Kier alpha value is -0.540. The number of hydrogen-bond donors (Lipinski definition) is 1. The summed E-state index contributed by atoms with van der Waals surface area (Å²) in [6.45, 7) is 7.52. The van der Waals surface area contributed by atoms with E-state index in [-0.39, 0.29) is 6.23 Å². The maximum absolute atomic E-state index is 6.16. The van der Waals surface area contributed by atoms with E-state index >= 15 is 0 Å². The maximum atomic E-state index is 6.16. The highest BCUT2D eigenvalue weighted by Crippen LogP contribution is 2.22. The molecule has 138 valence electrons. The van der Waals surface area contributed by atoms with Crippen LogP contribution in [-0.2, 0) is 4.74 Å². The third kappa shape index (κ3) is 9.68. The van der Waals surface area contributed by atoms with Gasteiger partial charge in [0.1, 0.15) is 6.23 Å². The van der Waals surface area contributed by atoms with Gasteiger partial charge in [0, 0.05) is 16.8 Å². The molecule has 24 heavy (non-hydrogen) atoms. The molecule has 1 unspecified atom stereocenters. The molecule has 0 aliphatic rings. The molecule has 1 N–H and O–H groups in total. The zero-order valence-corrected chi connectivity index (χ0v) is 17.5. The summed E-state index contributed by atoms with van der Waals surface area (Å²) in [4.78, 5) is 0. The number of hydrogen-bond acceptors (Lipinski definition) is 2. The monoisotopic (exact) mass is 397 g/mol. The second kappa shape index (κ2) is 13.7. The van der Waals surface area contributed by atoms with Crippen molar-refractivity contribution in [2.75, 3.05) is 11.9 Å². The Kier molecular flexibility index (Phi) is 12.3. The quantitative estimate of drug-likeness (QED) is 0.259. The number of halogens is 1. The van der Waals surface area contributed by atoms with Gasteiger partial charge in [-0.25, -0.2) is 0 Å². The summed E-state index contributed by atoms with van der Waals surface area (Å²) < 4.78 is 7.29. The van der Waals surface area contributed by atoms with Crippen molar-refractivity contribution in [2.24, 2.45) is 0 Å². The topological polar surface area (TPSA) is 21.3 Å². The van der Waals surface area contributed by atoms with Gasteiger partial charge in [0.05, 0.1) is 0 Å². The van der Waals surface area contributed by atoms with Crippen molar-refractivity contribution >= 4 is 21.6 Å². The molecule has 1 aromatic carbocycles. The first kappa shape index (κ1) is 21.5. The fourth-order valence-electron chi connectivity index (χ4n) is 2.85. The van der Waals surface area contributed by atoms with E-state index in [1.54, 1.807) is 0 Å². The number of benzene rings is 1. The zero-order valence-electron chi connectivity index (χ0n) is 15.9. The largest absolute Gasteiger partial charge is 0.360 e. The predicted octanol–water partition coefficient (Wildman–Crippen LogP) is 7.45. The van der Waals surface area contributed by atoms with Crippen molar-refractivity contribution in [3.8, 4) is 0 Å². The van der Waals surface area contributed by atoms with Gasteiger partial charge in [0.15, 0.2) is 0 Å². The van der Waals surface area contributed by atoms with E-state index in [2.05, 4.69) is 60.2 Å². The Balaban J connectivity index is 2.45. The molecule has 2 nitrogen and oxygen atoms in total. The number of ether oxygens (including phenoxy) is 1. The second-order valence-electron chi connectivity index (χ2n) is 6.73. The molecule has 0 fully saturated rings. The highest BCUT2D eigenvalue weighted by molar-refractivity contribution is 9.10. The van der Waals surface area contributed by atoms with E-state index in [0.29, 0.717) is 0 Å². The lowest BCUT2D eigenvalue weighted by Gasteiger charge is -2.22. The molecule has 0 radical (unpaired) electrons. The SMILES string of the molecule is CCCCCCCC(Nc1ccc(Br)cc1C)OCCCCCC. The Labute approximate surface area is 157 Å². The summed E-state index contributed by atoms with van der Waals surface area (Å²) in [7, 11) is 0. The van der Waals surface area contributed by atoms with Gasteiger partial charge in [-0.1, -0.05) is 74.7 Å². The van der Waals surface area contributed by atoms with Crippen LogP contribution in [0.3, 0.4) is 0 Å². The van der Waals surface area contributed by atoms with Gasteiger partial charge < -0.3 is 10.1 Å². The number of rotatable bonds is 14. The molecule has 3 heteroatoms. The fraction of sp³-hybridized carbons (Fsp3) is 0.714. The second-order valence-corrected chi connectivity index (χ2v) is 7.64. The number of unbranched alkanes of at least 4 members (excludes halogenated alkanes) is 7. The Morgan fingerprint density at radius 2 is 1.62 bits per heavy atom. The predicted molar refractivity (Wildman–Crippen MR) is 110 cm³/mol. The van der Waals surface area contributed by atoms with E-state index in [1.165, 1.54) is 69.0 Å². The molecule has 1 atom stereocenters. The van der Waals surface area contributed by atoms with Crippen molar-refractivity contribution in [3.63, 3.8) is 0 Å². The molecule has 0 saturated heterocycles. The van der Waals surface area contributed by atoms with E-state index < -0.39 is 0 Å². The smallest absolute Gasteiger partial charge is 0.127 e. The number of aryl methyl sites for hydroxylation is 1. The summed E-state index contributed by atoms with van der Waals surface area (Å²) in [5, 5.41) is 3.61. The van der Waals surface area contributed by atoms with E-state index in [9.17, 15) is 0 Å². The van der Waals surface area contributed by atoms with E-state index in [4.69, 9.17) is 4.74 Å². The molecule has 0 amide bonds. The van der Waals surface area contributed by atoms with Crippen LogP contribution in [0.15, 0.2) is 22.7 Å². The summed E-state index contributed by atoms with van der Waals surface area (Å²) in [6, 6.07) is 6.39. The van der Waals surface area contributed by atoms with Crippen LogP contribution in [-0.4, -0.2) is 12.8 Å². The minimum atomic E-state index is 0.133. The minimum absolute atomic E-state index is 0.133. The number of anilines is 1. The molecule has 0 saturated carbocycles. The number of nitrogens with one attached hydrogen (secondary N) is 1. The Bertz CT molecular complexity index is 422. The summed E-state index contributed by atoms with van der Waals surface area (Å²) >= 11 is 3.54. The molecule has 0 aliphatic heterocycles. The first-order valence-corrected chi connectivity index (χ1v) is 10.6. The molecule has 0 aromatic heterocycles. The average molecular weight is 398 g/mol. The molecule has 0 bridgehead atoms. The van der Waals surface area contributed by atoms with Gasteiger partial charge in [-0.2, -0.15) is 0 Å². The molecule has 0 aliphatic carbocycles. The summed E-state index contributed by atoms with van der Waals surface area (Å²) in [5.74, 6) is 0. The van der Waals surface area contributed by atoms with Crippen LogP contribution in [0.25, 0.3) is 0 Å². The Morgan fingerprint density at radius 3 is 2.29 bits per heavy atom. The maximum Gasteiger partial charge on any atom is 0.127 e. The highest BCUT2D eigenvalue weighted by atomic mass is 79.9. The van der Waals surface area contributed by atoms with Crippen molar-refractivity contribution < 1.29 is 4.74 Å². The van der Waals surface area contributed by atoms with Gasteiger partial charge in [0.25, 0.3) is 0 Å². The highest BCUT2D eigenvalue weighted by Gasteiger charge is 2.10. The summed E-state index contributed by atoms with van der Waals surface area (Å²) in [5.41, 5.74) is 2.44. The fourth-order valence-corrected chi connectivity index (χ4v) is 3.32. The first-order chi connectivity index (χ1) is 11.7. The van der Waals surface area contributed by atoms with Crippen LogP contribution in [0, 0.1) is 6.92 Å². The van der Waals surface area contributed by atoms with Gasteiger partial charge in [-0.3, -0.25) is 0 Å². The standard InChI is InChI=1S/C21H36BrNO/c1-4-6-8-10-11-13-21(24-16-12-9-7-5-2)23-20-15-14-19(22)17-18(20)3/h14-15,17,21,23H,4-13,16H2,1-3H3. The molecular formula is C21H36BrNO. The molecule has 1 aromatic rings. The summed E-state index contributed by atoms with van der Waals surface area (Å²) in [6.07, 6.45) is 12.8. The minimum Gasteiger partial charge on any atom is -0.360 e. The van der Waals surface area contributed by atoms with Gasteiger partial charge in [0.2, 0.25) is 0 Å². The third-order valence-electron chi connectivity index (χ3n) is 4.39.